The van der Waals surface area contributed by atoms with E-state index < -0.39 is 0 Å². The third-order valence-electron chi connectivity index (χ3n) is 3.98. The summed E-state index contributed by atoms with van der Waals surface area (Å²) in [6.07, 6.45) is 2.09. The third kappa shape index (κ3) is 4.56. The molecule has 1 aliphatic rings. The van der Waals surface area contributed by atoms with Crippen LogP contribution in [0.15, 0.2) is 30.3 Å². The summed E-state index contributed by atoms with van der Waals surface area (Å²) in [4.78, 5) is 25.9. The van der Waals surface area contributed by atoms with Crippen molar-refractivity contribution in [3.63, 3.8) is 0 Å². The fourth-order valence-electron chi connectivity index (χ4n) is 2.85. The smallest absolute Gasteiger partial charge is 0.307 e. The molecule has 1 aliphatic heterocycles. The van der Waals surface area contributed by atoms with Crippen LogP contribution in [0, 0.1) is 0 Å². The predicted molar refractivity (Wildman–Crippen MR) is 84.1 cm³/mol. The maximum absolute atomic E-state index is 12.4. The van der Waals surface area contributed by atoms with Gasteiger partial charge in [0.25, 0.3) is 0 Å². The molecule has 0 bridgehead atoms. The summed E-state index contributed by atoms with van der Waals surface area (Å²) in [5.74, 6) is -0.301. The molecule has 0 radical (unpaired) electrons. The summed E-state index contributed by atoms with van der Waals surface area (Å²) < 4.78 is 4.63. The lowest BCUT2D eigenvalue weighted by Gasteiger charge is -2.25. The van der Waals surface area contributed by atoms with Gasteiger partial charge >= 0.3 is 5.97 Å². The fraction of sp³-hybridized carbons (Fsp3) is 0.529. The van der Waals surface area contributed by atoms with Crippen LogP contribution in [0.4, 0.5) is 0 Å². The van der Waals surface area contributed by atoms with Gasteiger partial charge in [-0.1, -0.05) is 30.3 Å². The van der Waals surface area contributed by atoms with Crippen LogP contribution in [-0.4, -0.2) is 42.5 Å². The van der Waals surface area contributed by atoms with Gasteiger partial charge in [0.15, 0.2) is 0 Å². The molecule has 0 aliphatic carbocycles. The van der Waals surface area contributed by atoms with E-state index in [1.807, 2.05) is 25.1 Å². The Labute approximate surface area is 131 Å². The molecule has 5 heteroatoms. The number of ether oxygens (including phenoxy) is 1. The van der Waals surface area contributed by atoms with Gasteiger partial charge in [0, 0.05) is 12.6 Å². The number of nitrogens with one attached hydrogen (secondary N) is 1. The van der Waals surface area contributed by atoms with Gasteiger partial charge in [-0.2, -0.15) is 0 Å². The zero-order valence-electron chi connectivity index (χ0n) is 13.2. The highest BCUT2D eigenvalue weighted by Crippen LogP contribution is 2.20. The van der Waals surface area contributed by atoms with Crippen LogP contribution in [0.2, 0.25) is 0 Å². The minimum Gasteiger partial charge on any atom is -0.469 e. The van der Waals surface area contributed by atoms with E-state index in [-0.39, 0.29) is 30.4 Å². The van der Waals surface area contributed by atoms with Gasteiger partial charge < -0.3 is 10.1 Å². The van der Waals surface area contributed by atoms with Crippen molar-refractivity contribution in [3.05, 3.63) is 35.9 Å². The Hall–Kier alpha value is -1.88. The molecule has 0 saturated carbocycles. The highest BCUT2D eigenvalue weighted by Gasteiger charge is 2.31. The molecule has 2 atom stereocenters. The topological polar surface area (TPSA) is 58.6 Å². The van der Waals surface area contributed by atoms with Gasteiger partial charge in [-0.15, -0.1) is 0 Å². The van der Waals surface area contributed by atoms with Crippen molar-refractivity contribution in [2.24, 2.45) is 0 Å². The number of hydrogen-bond acceptors (Lipinski definition) is 4. The maximum atomic E-state index is 12.4. The summed E-state index contributed by atoms with van der Waals surface area (Å²) in [6, 6.07) is 9.85. The molecule has 0 unspecified atom stereocenters. The zero-order chi connectivity index (χ0) is 15.9. The van der Waals surface area contributed by atoms with Crippen molar-refractivity contribution in [2.75, 3.05) is 13.7 Å². The van der Waals surface area contributed by atoms with Crippen LogP contribution in [0.1, 0.15) is 31.7 Å². The standard InChI is InChI=1S/C17H24N2O3/c1-13(11-16(20)22-2)18-17(21)15-9-6-10-19(15)12-14-7-4-3-5-8-14/h3-5,7-8,13,15H,6,9-12H2,1-2H3,(H,18,21)/t13-,15-/m1/s1. The van der Waals surface area contributed by atoms with Crippen LogP contribution in [0.25, 0.3) is 0 Å². The number of methoxy groups -OCH3 is 1. The number of carbonyl (C=O) groups is 2. The van der Waals surface area contributed by atoms with E-state index in [4.69, 9.17) is 0 Å². The minimum atomic E-state index is -0.305. The number of nitrogens with zero attached hydrogens (tertiary/aromatic N) is 1. The average molecular weight is 304 g/mol. The Morgan fingerprint density at radius 3 is 2.77 bits per heavy atom. The predicted octanol–water partition coefficient (Wildman–Crippen LogP) is 1.72. The first kappa shape index (κ1) is 16.5. The first-order chi connectivity index (χ1) is 10.6. The second-order valence-electron chi connectivity index (χ2n) is 5.80. The average Bonchev–Trinajstić information content (AvgIpc) is 2.96. The number of benzene rings is 1. The zero-order valence-corrected chi connectivity index (χ0v) is 13.2. The first-order valence-corrected chi connectivity index (χ1v) is 7.75. The van der Waals surface area contributed by atoms with Crippen molar-refractivity contribution < 1.29 is 14.3 Å². The Bertz CT molecular complexity index is 504. The van der Waals surface area contributed by atoms with E-state index >= 15 is 0 Å². The van der Waals surface area contributed by atoms with Crippen LogP contribution in [-0.2, 0) is 20.9 Å². The number of amides is 1. The van der Waals surface area contributed by atoms with E-state index in [1.165, 1.54) is 12.7 Å². The second-order valence-corrected chi connectivity index (χ2v) is 5.80. The van der Waals surface area contributed by atoms with E-state index in [0.29, 0.717) is 0 Å². The molecule has 0 aromatic heterocycles. The minimum absolute atomic E-state index is 0.00448. The largest absolute Gasteiger partial charge is 0.469 e. The molecule has 1 saturated heterocycles. The van der Waals surface area contributed by atoms with E-state index in [2.05, 4.69) is 27.1 Å². The van der Waals surface area contributed by atoms with Crippen LogP contribution >= 0.6 is 0 Å². The molecule has 0 spiro atoms. The van der Waals surface area contributed by atoms with Crippen LogP contribution < -0.4 is 5.32 Å². The molecule has 22 heavy (non-hydrogen) atoms. The van der Waals surface area contributed by atoms with E-state index in [9.17, 15) is 9.59 Å². The van der Waals surface area contributed by atoms with Crippen molar-refractivity contribution >= 4 is 11.9 Å². The molecule has 1 amide bonds. The molecule has 1 heterocycles. The van der Waals surface area contributed by atoms with Gasteiger partial charge in [-0.05, 0) is 31.9 Å². The lowest BCUT2D eigenvalue weighted by Crippen LogP contribution is -2.46. The molecule has 2 rings (SSSR count). The Balaban J connectivity index is 1.89. The molecule has 120 valence electrons. The molecule has 5 nitrogen and oxygen atoms in total. The maximum Gasteiger partial charge on any atom is 0.307 e. The highest BCUT2D eigenvalue weighted by atomic mass is 16.5. The summed E-state index contributed by atoms with van der Waals surface area (Å²) >= 11 is 0. The highest BCUT2D eigenvalue weighted by molar-refractivity contribution is 5.83. The van der Waals surface area contributed by atoms with Crippen LogP contribution in [0.5, 0.6) is 0 Å². The number of esters is 1. The van der Waals surface area contributed by atoms with E-state index in [1.54, 1.807) is 0 Å². The first-order valence-electron chi connectivity index (χ1n) is 7.75. The molecule has 1 N–H and O–H groups in total. The normalized spacial score (nSPS) is 19.6. The number of carbonyl (C=O) groups excluding carboxylic acids is 2. The summed E-state index contributed by atoms with van der Waals surface area (Å²) in [6.45, 7) is 3.54. The Morgan fingerprint density at radius 2 is 2.09 bits per heavy atom. The molecular formula is C17H24N2O3. The summed E-state index contributed by atoms with van der Waals surface area (Å²) in [7, 11) is 1.36. The van der Waals surface area contributed by atoms with Gasteiger partial charge in [0.05, 0.1) is 19.6 Å². The Morgan fingerprint density at radius 1 is 1.36 bits per heavy atom. The quantitative estimate of drug-likeness (QED) is 0.813. The van der Waals surface area contributed by atoms with Gasteiger partial charge in [-0.3, -0.25) is 14.5 Å². The molecular weight excluding hydrogens is 280 g/mol. The van der Waals surface area contributed by atoms with Crippen molar-refractivity contribution in [3.8, 4) is 0 Å². The van der Waals surface area contributed by atoms with Crippen molar-refractivity contribution in [1.29, 1.82) is 0 Å². The lowest BCUT2D eigenvalue weighted by atomic mass is 10.1. The monoisotopic (exact) mass is 304 g/mol. The summed E-state index contributed by atoms with van der Waals surface area (Å²) in [5.41, 5.74) is 1.21. The van der Waals surface area contributed by atoms with Crippen LogP contribution in [0.3, 0.4) is 0 Å². The van der Waals surface area contributed by atoms with Gasteiger partial charge in [0.2, 0.25) is 5.91 Å². The SMILES string of the molecule is COC(=O)C[C@@H](C)NC(=O)[C@H]1CCCN1Cc1ccccc1. The number of hydrogen-bond donors (Lipinski definition) is 1. The summed E-state index contributed by atoms with van der Waals surface area (Å²) in [5, 5.41) is 2.92. The van der Waals surface area contributed by atoms with E-state index in [0.717, 1.165) is 25.9 Å². The van der Waals surface area contributed by atoms with Crippen molar-refractivity contribution in [1.82, 2.24) is 10.2 Å². The third-order valence-corrected chi connectivity index (χ3v) is 3.98. The molecule has 1 fully saturated rings. The second kappa shape index (κ2) is 7.94. The fourth-order valence-corrected chi connectivity index (χ4v) is 2.85. The number of likely N-dealkylation sites (tertiary alicyclic amines) is 1. The molecule has 1 aromatic carbocycles. The van der Waals surface area contributed by atoms with Gasteiger partial charge in [-0.25, -0.2) is 0 Å². The van der Waals surface area contributed by atoms with Crippen molar-refractivity contribution in [2.45, 2.75) is 44.8 Å². The van der Waals surface area contributed by atoms with Gasteiger partial charge in [0.1, 0.15) is 0 Å². The Kier molecular flexibility index (Phi) is 5.95. The number of rotatable bonds is 6. The molecule has 1 aromatic rings. The lowest BCUT2D eigenvalue weighted by molar-refractivity contribution is -0.141.